The van der Waals surface area contributed by atoms with Crippen LogP contribution in [0, 0.1) is 13.8 Å². The summed E-state index contributed by atoms with van der Waals surface area (Å²) in [6.07, 6.45) is 0. The van der Waals surface area contributed by atoms with Gasteiger partial charge in [0, 0.05) is 16.6 Å². The normalized spacial score (nSPS) is 10.6. The van der Waals surface area contributed by atoms with Crippen molar-refractivity contribution < 1.29 is 4.74 Å². The van der Waals surface area contributed by atoms with Crippen LogP contribution in [-0.4, -0.2) is 10.2 Å². The van der Waals surface area contributed by atoms with E-state index in [1.807, 2.05) is 32.0 Å². The zero-order valence-electron chi connectivity index (χ0n) is 10.6. The highest BCUT2D eigenvalue weighted by Gasteiger charge is 2.13. The van der Waals surface area contributed by atoms with Gasteiger partial charge in [0.25, 0.3) is 0 Å². The third-order valence-electron chi connectivity index (χ3n) is 2.85. The van der Waals surface area contributed by atoms with Crippen LogP contribution in [0.25, 0.3) is 0 Å². The molecule has 0 saturated heterocycles. The summed E-state index contributed by atoms with van der Waals surface area (Å²) in [7, 11) is 0. The van der Waals surface area contributed by atoms with Crippen molar-refractivity contribution in [3.63, 3.8) is 0 Å². The summed E-state index contributed by atoms with van der Waals surface area (Å²) in [5.74, 6) is 1.13. The van der Waals surface area contributed by atoms with Crippen molar-refractivity contribution in [2.45, 2.75) is 20.4 Å². The maximum absolute atomic E-state index is 5.80. The van der Waals surface area contributed by atoms with Crippen LogP contribution in [0.3, 0.4) is 0 Å². The molecule has 1 aromatic carbocycles. The minimum Gasteiger partial charge on any atom is -0.436 e. The van der Waals surface area contributed by atoms with Gasteiger partial charge in [-0.25, -0.2) is 0 Å². The molecule has 0 bridgehead atoms. The number of hydrogen-bond donors (Lipinski definition) is 1. The van der Waals surface area contributed by atoms with E-state index in [4.69, 9.17) is 10.5 Å². The van der Waals surface area contributed by atoms with Crippen molar-refractivity contribution in [2.75, 3.05) is 0 Å². The third kappa shape index (κ3) is 3.13. The predicted molar refractivity (Wildman–Crippen MR) is 81.3 cm³/mol. The second kappa shape index (κ2) is 5.98. The molecule has 0 atom stereocenters. The van der Waals surface area contributed by atoms with E-state index in [0.29, 0.717) is 18.2 Å². The summed E-state index contributed by atoms with van der Waals surface area (Å²) < 4.78 is 7.61. The van der Waals surface area contributed by atoms with Gasteiger partial charge in [-0.3, -0.25) is 0 Å². The van der Waals surface area contributed by atoms with E-state index in [1.54, 1.807) is 0 Å². The number of halogens is 2. The fourth-order valence-corrected chi connectivity index (χ4v) is 2.75. The number of aromatic nitrogens is 2. The first kappa shape index (κ1) is 14.4. The molecule has 2 N–H and O–H groups in total. The molecule has 0 spiro atoms. The Kier molecular flexibility index (Phi) is 4.54. The first-order valence-corrected chi connectivity index (χ1v) is 7.27. The second-order valence-corrected chi connectivity index (χ2v) is 5.85. The third-order valence-corrected chi connectivity index (χ3v) is 3.96. The molecule has 0 fully saturated rings. The molecule has 2 aromatic rings. The molecule has 4 nitrogen and oxygen atoms in total. The van der Waals surface area contributed by atoms with Gasteiger partial charge in [-0.05, 0) is 53.5 Å². The summed E-state index contributed by atoms with van der Waals surface area (Å²) in [4.78, 5) is 0. The van der Waals surface area contributed by atoms with Crippen LogP contribution in [0.15, 0.2) is 27.1 Å². The van der Waals surface area contributed by atoms with Gasteiger partial charge in [-0.15, -0.1) is 5.10 Å². The number of nitrogens with zero attached hydrogens (tertiary/aromatic N) is 2. The maximum atomic E-state index is 5.80. The van der Waals surface area contributed by atoms with Gasteiger partial charge in [0.15, 0.2) is 0 Å². The standard InChI is InChI=1S/C13H13Br2N3O/c1-7-8(2)17-18-13(10(7)6-16)19-12-4-3-9(14)5-11(12)15/h3-5H,6,16H2,1-2H3. The Morgan fingerprint density at radius 2 is 1.95 bits per heavy atom. The van der Waals surface area contributed by atoms with Gasteiger partial charge in [0.05, 0.1) is 10.2 Å². The van der Waals surface area contributed by atoms with Crippen LogP contribution in [0.5, 0.6) is 11.6 Å². The Labute approximate surface area is 128 Å². The first-order chi connectivity index (χ1) is 9.02. The summed E-state index contributed by atoms with van der Waals surface area (Å²) >= 11 is 6.85. The smallest absolute Gasteiger partial charge is 0.243 e. The largest absolute Gasteiger partial charge is 0.436 e. The van der Waals surface area contributed by atoms with Crippen LogP contribution in [-0.2, 0) is 6.54 Å². The van der Waals surface area contributed by atoms with E-state index in [2.05, 4.69) is 42.1 Å². The Balaban J connectivity index is 2.41. The lowest BCUT2D eigenvalue weighted by Gasteiger charge is -2.12. The second-order valence-electron chi connectivity index (χ2n) is 4.08. The number of benzene rings is 1. The lowest BCUT2D eigenvalue weighted by molar-refractivity contribution is 0.444. The molecule has 0 amide bonds. The Morgan fingerprint density at radius 3 is 2.58 bits per heavy atom. The lowest BCUT2D eigenvalue weighted by Crippen LogP contribution is -2.07. The molecule has 1 aromatic heterocycles. The fraction of sp³-hybridized carbons (Fsp3) is 0.231. The van der Waals surface area contributed by atoms with Crippen molar-refractivity contribution in [3.8, 4) is 11.6 Å². The number of rotatable bonds is 3. The highest BCUT2D eigenvalue weighted by molar-refractivity contribution is 9.11. The monoisotopic (exact) mass is 385 g/mol. The van der Waals surface area contributed by atoms with Gasteiger partial charge < -0.3 is 10.5 Å². The number of nitrogens with two attached hydrogens (primary N) is 1. The molecule has 0 aliphatic rings. The molecular weight excluding hydrogens is 374 g/mol. The Morgan fingerprint density at radius 1 is 1.21 bits per heavy atom. The Hall–Kier alpha value is -0.980. The molecule has 6 heteroatoms. The van der Waals surface area contributed by atoms with E-state index in [0.717, 1.165) is 25.8 Å². The van der Waals surface area contributed by atoms with Crippen molar-refractivity contribution >= 4 is 31.9 Å². The van der Waals surface area contributed by atoms with Gasteiger partial charge in [0.2, 0.25) is 5.88 Å². The fourth-order valence-electron chi connectivity index (χ4n) is 1.62. The summed E-state index contributed by atoms with van der Waals surface area (Å²) in [5, 5.41) is 8.16. The van der Waals surface area contributed by atoms with Crippen LogP contribution in [0.1, 0.15) is 16.8 Å². The highest BCUT2D eigenvalue weighted by Crippen LogP contribution is 2.33. The van der Waals surface area contributed by atoms with E-state index >= 15 is 0 Å². The van der Waals surface area contributed by atoms with Gasteiger partial charge >= 0.3 is 0 Å². The molecule has 0 saturated carbocycles. The molecule has 0 aliphatic heterocycles. The summed E-state index contributed by atoms with van der Waals surface area (Å²) in [6.45, 7) is 4.24. The number of ether oxygens (including phenoxy) is 1. The molecule has 100 valence electrons. The summed E-state index contributed by atoms with van der Waals surface area (Å²) in [6, 6.07) is 5.66. The van der Waals surface area contributed by atoms with E-state index in [1.165, 1.54) is 0 Å². The van der Waals surface area contributed by atoms with Gasteiger partial charge in [0.1, 0.15) is 5.75 Å². The van der Waals surface area contributed by atoms with Crippen LogP contribution < -0.4 is 10.5 Å². The van der Waals surface area contributed by atoms with Crippen molar-refractivity contribution in [1.82, 2.24) is 10.2 Å². The average Bonchev–Trinajstić information content (AvgIpc) is 2.37. The van der Waals surface area contributed by atoms with Crippen LogP contribution in [0.4, 0.5) is 0 Å². The van der Waals surface area contributed by atoms with E-state index in [9.17, 15) is 0 Å². The van der Waals surface area contributed by atoms with Crippen LogP contribution in [0.2, 0.25) is 0 Å². The molecular formula is C13H13Br2N3O. The van der Waals surface area contributed by atoms with Crippen LogP contribution >= 0.6 is 31.9 Å². The SMILES string of the molecule is Cc1nnc(Oc2ccc(Br)cc2Br)c(CN)c1C. The number of aryl methyl sites for hydroxylation is 1. The van der Waals surface area contributed by atoms with Crippen molar-refractivity contribution in [3.05, 3.63) is 44.0 Å². The molecule has 0 aliphatic carbocycles. The van der Waals surface area contributed by atoms with Crippen molar-refractivity contribution in [2.24, 2.45) is 5.73 Å². The average molecular weight is 387 g/mol. The quantitative estimate of drug-likeness (QED) is 0.869. The molecule has 19 heavy (non-hydrogen) atoms. The minimum absolute atomic E-state index is 0.367. The molecule has 0 radical (unpaired) electrons. The zero-order chi connectivity index (χ0) is 14.0. The summed E-state index contributed by atoms with van der Waals surface area (Å²) in [5.41, 5.74) is 8.52. The van der Waals surface area contributed by atoms with Gasteiger partial charge in [-0.1, -0.05) is 15.9 Å². The van der Waals surface area contributed by atoms with E-state index in [-0.39, 0.29) is 0 Å². The Bertz CT molecular complexity index is 617. The van der Waals surface area contributed by atoms with E-state index < -0.39 is 0 Å². The lowest BCUT2D eigenvalue weighted by atomic mass is 10.1. The first-order valence-electron chi connectivity index (χ1n) is 5.68. The maximum Gasteiger partial charge on any atom is 0.243 e. The number of hydrogen-bond acceptors (Lipinski definition) is 4. The van der Waals surface area contributed by atoms with Crippen molar-refractivity contribution in [1.29, 1.82) is 0 Å². The predicted octanol–water partition coefficient (Wildman–Crippen LogP) is 3.87. The molecule has 1 heterocycles. The molecule has 0 unspecified atom stereocenters. The van der Waals surface area contributed by atoms with Gasteiger partial charge in [-0.2, -0.15) is 5.10 Å². The topological polar surface area (TPSA) is 61.0 Å². The molecule has 2 rings (SSSR count). The minimum atomic E-state index is 0.367. The zero-order valence-corrected chi connectivity index (χ0v) is 13.7. The highest BCUT2D eigenvalue weighted by atomic mass is 79.9.